The fourth-order valence-electron chi connectivity index (χ4n) is 0.657. The zero-order valence-corrected chi connectivity index (χ0v) is 8.17. The van der Waals surface area contributed by atoms with E-state index in [0.717, 1.165) is 6.92 Å². The third-order valence-electron chi connectivity index (χ3n) is 1.51. The minimum absolute atomic E-state index is 0.124. The maximum atomic E-state index is 11.0. The molecule has 0 aliphatic carbocycles. The summed E-state index contributed by atoms with van der Waals surface area (Å²) in [4.78, 5) is 31.9. The van der Waals surface area contributed by atoms with E-state index in [0.29, 0.717) is 0 Å². The summed E-state index contributed by atoms with van der Waals surface area (Å²) < 4.78 is 4.16. The summed E-state index contributed by atoms with van der Waals surface area (Å²) in [5, 5.41) is 17.0. The minimum atomic E-state index is -1.42. The standard InChI is InChI=1S/C8H13NO6/c1-4(10)7(13)15-8(14)5(9)2-3-6(11)12/h4-5,10H,2-3,9H2,1H3,(H,11,12)/t4?,5-/m1/s1. The SMILES string of the molecule is CC(O)C(=O)OC(=O)[C@H](N)CCC(=O)O. The first-order valence-electron chi connectivity index (χ1n) is 4.25. The number of hydrogen-bond donors (Lipinski definition) is 3. The van der Waals surface area contributed by atoms with Crippen LogP contribution in [0.2, 0.25) is 0 Å². The molecule has 0 saturated heterocycles. The molecule has 0 bridgehead atoms. The lowest BCUT2D eigenvalue weighted by molar-refractivity contribution is -0.166. The maximum absolute atomic E-state index is 11.0. The van der Waals surface area contributed by atoms with Crippen LogP contribution in [0.4, 0.5) is 0 Å². The van der Waals surface area contributed by atoms with Crippen LogP contribution in [0, 0.1) is 0 Å². The van der Waals surface area contributed by atoms with Gasteiger partial charge >= 0.3 is 17.9 Å². The number of ether oxygens (including phenoxy) is 1. The van der Waals surface area contributed by atoms with Crippen molar-refractivity contribution in [1.82, 2.24) is 0 Å². The summed E-state index contributed by atoms with van der Waals surface area (Å²) in [6.07, 6.45) is -1.83. The van der Waals surface area contributed by atoms with E-state index < -0.39 is 30.1 Å². The molecule has 86 valence electrons. The van der Waals surface area contributed by atoms with Crippen LogP contribution in [0.25, 0.3) is 0 Å². The van der Waals surface area contributed by atoms with Crippen LogP contribution >= 0.6 is 0 Å². The van der Waals surface area contributed by atoms with Crippen LogP contribution in [-0.2, 0) is 19.1 Å². The summed E-state index contributed by atoms with van der Waals surface area (Å²) in [6.45, 7) is 1.14. The second kappa shape index (κ2) is 6.10. The molecule has 1 unspecified atom stereocenters. The molecule has 0 fully saturated rings. The quantitative estimate of drug-likeness (QED) is 0.384. The van der Waals surface area contributed by atoms with Gasteiger partial charge in [-0.05, 0) is 13.3 Å². The number of hydrogen-bond acceptors (Lipinski definition) is 6. The first kappa shape index (κ1) is 13.5. The highest BCUT2D eigenvalue weighted by Crippen LogP contribution is 1.98. The molecule has 0 radical (unpaired) electrons. The second-order valence-corrected chi connectivity index (χ2v) is 2.96. The molecule has 7 nitrogen and oxygen atoms in total. The van der Waals surface area contributed by atoms with Gasteiger partial charge in [0, 0.05) is 6.42 Å². The van der Waals surface area contributed by atoms with Gasteiger partial charge in [-0.1, -0.05) is 0 Å². The molecule has 0 aromatic heterocycles. The number of nitrogens with two attached hydrogens (primary N) is 1. The van der Waals surface area contributed by atoms with Gasteiger partial charge in [-0.3, -0.25) is 4.79 Å². The van der Waals surface area contributed by atoms with Crippen LogP contribution in [0.3, 0.4) is 0 Å². The number of esters is 2. The van der Waals surface area contributed by atoms with Gasteiger partial charge in [0.25, 0.3) is 0 Å². The molecule has 0 saturated carbocycles. The molecule has 0 rings (SSSR count). The van der Waals surface area contributed by atoms with Crippen LogP contribution in [0.15, 0.2) is 0 Å². The number of aliphatic hydroxyl groups excluding tert-OH is 1. The van der Waals surface area contributed by atoms with E-state index >= 15 is 0 Å². The van der Waals surface area contributed by atoms with Gasteiger partial charge in [-0.15, -0.1) is 0 Å². The lowest BCUT2D eigenvalue weighted by Gasteiger charge is -2.09. The van der Waals surface area contributed by atoms with Gasteiger partial charge in [0.1, 0.15) is 12.1 Å². The van der Waals surface area contributed by atoms with Crippen molar-refractivity contribution < 1.29 is 29.3 Å². The fraction of sp³-hybridized carbons (Fsp3) is 0.625. The van der Waals surface area contributed by atoms with E-state index in [-0.39, 0.29) is 12.8 Å². The Morgan fingerprint density at radius 1 is 1.33 bits per heavy atom. The minimum Gasteiger partial charge on any atom is -0.481 e. The summed E-state index contributed by atoms with van der Waals surface area (Å²) in [7, 11) is 0. The summed E-state index contributed by atoms with van der Waals surface area (Å²) in [6, 6.07) is -1.18. The smallest absolute Gasteiger partial charge is 0.342 e. The number of carboxylic acid groups (broad SMARTS) is 1. The third kappa shape index (κ3) is 5.76. The highest BCUT2D eigenvalue weighted by atomic mass is 16.6. The average molecular weight is 219 g/mol. The molecule has 4 N–H and O–H groups in total. The number of rotatable bonds is 5. The molecule has 0 spiro atoms. The van der Waals surface area contributed by atoms with E-state index in [2.05, 4.69) is 4.74 Å². The second-order valence-electron chi connectivity index (χ2n) is 2.96. The van der Waals surface area contributed by atoms with Gasteiger partial charge in [0.15, 0.2) is 0 Å². The molecular weight excluding hydrogens is 206 g/mol. The lowest BCUT2D eigenvalue weighted by Crippen LogP contribution is -2.36. The van der Waals surface area contributed by atoms with Crippen molar-refractivity contribution in [3.05, 3.63) is 0 Å². The first-order valence-corrected chi connectivity index (χ1v) is 4.25. The van der Waals surface area contributed by atoms with Gasteiger partial charge < -0.3 is 20.7 Å². The maximum Gasteiger partial charge on any atom is 0.342 e. The molecule has 0 heterocycles. The third-order valence-corrected chi connectivity index (χ3v) is 1.51. The summed E-state index contributed by atoms with van der Waals surface area (Å²) in [5.41, 5.74) is 5.24. The Morgan fingerprint density at radius 2 is 1.87 bits per heavy atom. The van der Waals surface area contributed by atoms with Crippen molar-refractivity contribution in [2.24, 2.45) is 5.73 Å². The van der Waals surface area contributed by atoms with Gasteiger partial charge in [0.2, 0.25) is 0 Å². The van der Waals surface area contributed by atoms with Gasteiger partial charge in [0.05, 0.1) is 0 Å². The van der Waals surface area contributed by atoms with Crippen molar-refractivity contribution in [1.29, 1.82) is 0 Å². The van der Waals surface area contributed by atoms with Crippen LogP contribution < -0.4 is 5.73 Å². The number of aliphatic carboxylic acids is 1. The molecule has 15 heavy (non-hydrogen) atoms. The average Bonchev–Trinajstić information content (AvgIpc) is 2.13. The molecule has 7 heteroatoms. The van der Waals surface area contributed by atoms with Gasteiger partial charge in [-0.25, -0.2) is 9.59 Å². The Bertz CT molecular complexity index is 262. The van der Waals surface area contributed by atoms with E-state index in [1.165, 1.54) is 0 Å². The molecule has 0 aromatic rings. The van der Waals surface area contributed by atoms with E-state index in [1.807, 2.05) is 0 Å². The summed E-state index contributed by atoms with van der Waals surface area (Å²) in [5.74, 6) is -3.24. The molecule has 0 aliphatic rings. The van der Waals surface area contributed by atoms with Crippen molar-refractivity contribution in [3.8, 4) is 0 Å². The van der Waals surface area contributed by atoms with Crippen molar-refractivity contribution in [2.75, 3.05) is 0 Å². The van der Waals surface area contributed by atoms with E-state index in [9.17, 15) is 14.4 Å². The molecule has 0 aromatic carbocycles. The van der Waals surface area contributed by atoms with Crippen LogP contribution in [-0.4, -0.2) is 40.3 Å². The van der Waals surface area contributed by atoms with Gasteiger partial charge in [-0.2, -0.15) is 0 Å². The Hall–Kier alpha value is -1.47. The zero-order chi connectivity index (χ0) is 12.0. The number of carbonyl (C=O) groups is 3. The van der Waals surface area contributed by atoms with Crippen molar-refractivity contribution in [2.45, 2.75) is 31.9 Å². The Kier molecular flexibility index (Phi) is 5.50. The molecule has 2 atom stereocenters. The van der Waals surface area contributed by atoms with Crippen LogP contribution in [0.5, 0.6) is 0 Å². The highest BCUT2D eigenvalue weighted by Gasteiger charge is 2.21. The first-order chi connectivity index (χ1) is 6.84. The predicted molar refractivity (Wildman–Crippen MR) is 47.6 cm³/mol. The van der Waals surface area contributed by atoms with Crippen LogP contribution in [0.1, 0.15) is 19.8 Å². The molecule has 0 aliphatic heterocycles. The monoisotopic (exact) mass is 219 g/mol. The van der Waals surface area contributed by atoms with E-state index in [4.69, 9.17) is 15.9 Å². The van der Waals surface area contributed by atoms with Crippen molar-refractivity contribution in [3.63, 3.8) is 0 Å². The van der Waals surface area contributed by atoms with Crippen molar-refractivity contribution >= 4 is 17.9 Å². The number of aliphatic hydroxyl groups is 1. The normalized spacial score (nSPS) is 14.1. The Balaban J connectivity index is 3.99. The Labute approximate surface area is 85.8 Å². The highest BCUT2D eigenvalue weighted by molar-refractivity contribution is 5.90. The molecular formula is C8H13NO6. The summed E-state index contributed by atoms with van der Waals surface area (Å²) >= 11 is 0. The fourth-order valence-corrected chi connectivity index (χ4v) is 0.657. The molecule has 0 amide bonds. The zero-order valence-electron chi connectivity index (χ0n) is 8.17. The predicted octanol–water partition coefficient (Wildman–Crippen LogP) is -1.37. The number of carbonyl (C=O) groups excluding carboxylic acids is 2. The lowest BCUT2D eigenvalue weighted by atomic mass is 10.2. The largest absolute Gasteiger partial charge is 0.481 e. The number of carboxylic acids is 1. The van der Waals surface area contributed by atoms with E-state index in [1.54, 1.807) is 0 Å². The Morgan fingerprint density at radius 3 is 2.27 bits per heavy atom. The topological polar surface area (TPSA) is 127 Å².